The molecular formula is C18H24ClNO5. The molecule has 138 valence electrons. The Morgan fingerprint density at radius 3 is 2.76 bits per heavy atom. The van der Waals surface area contributed by atoms with E-state index in [1.54, 1.807) is 13.0 Å². The van der Waals surface area contributed by atoms with E-state index in [4.69, 9.17) is 16.3 Å². The van der Waals surface area contributed by atoms with Gasteiger partial charge in [-0.05, 0) is 50.7 Å². The third kappa shape index (κ3) is 2.30. The number of allylic oxidation sites excluding steroid dienone is 1. The van der Waals surface area contributed by atoms with E-state index in [-0.39, 0.29) is 24.0 Å². The zero-order valence-electron chi connectivity index (χ0n) is 14.6. The van der Waals surface area contributed by atoms with E-state index >= 15 is 0 Å². The van der Waals surface area contributed by atoms with Crippen LogP contribution in [-0.2, 0) is 19.1 Å². The smallest absolute Gasteiger partial charge is 0.337 e. The topological polar surface area (TPSA) is 92.7 Å². The lowest BCUT2D eigenvalue weighted by Crippen LogP contribution is -2.77. The Hall–Kier alpha value is -1.40. The van der Waals surface area contributed by atoms with Gasteiger partial charge in [-0.25, -0.2) is 4.79 Å². The number of ether oxygens (including phenoxy) is 1. The highest BCUT2D eigenvalue weighted by Crippen LogP contribution is 2.60. The molecule has 6 nitrogen and oxygen atoms in total. The van der Waals surface area contributed by atoms with Gasteiger partial charge in [0.15, 0.2) is 16.9 Å². The van der Waals surface area contributed by atoms with Gasteiger partial charge in [0.25, 0.3) is 0 Å². The third-order valence-electron chi connectivity index (χ3n) is 6.24. The molecule has 25 heavy (non-hydrogen) atoms. The van der Waals surface area contributed by atoms with Crippen molar-refractivity contribution >= 4 is 29.3 Å². The number of amides is 1. The molecule has 1 amide bonds. The third-order valence-corrected chi connectivity index (χ3v) is 6.43. The second-order valence-electron chi connectivity index (χ2n) is 7.45. The van der Waals surface area contributed by atoms with E-state index in [2.05, 4.69) is 5.32 Å². The van der Waals surface area contributed by atoms with Crippen LogP contribution < -0.4 is 5.32 Å². The summed E-state index contributed by atoms with van der Waals surface area (Å²) in [5.41, 5.74) is -2.83. The van der Waals surface area contributed by atoms with Crippen LogP contribution >= 0.6 is 11.6 Å². The minimum atomic E-state index is -1.33. The van der Waals surface area contributed by atoms with Crippen molar-refractivity contribution in [3.05, 3.63) is 11.6 Å². The Bertz CT molecular complexity index is 662. The number of carbonyl (C=O) groups excluding carboxylic acids is 3. The number of Topliss-reactive ketones (excluding diaryl/α,β-unsaturated/α-hetero) is 1. The summed E-state index contributed by atoms with van der Waals surface area (Å²) in [6.07, 6.45) is 3.51. The van der Waals surface area contributed by atoms with Crippen LogP contribution in [-0.4, -0.2) is 45.9 Å². The quantitative estimate of drug-likeness (QED) is 0.548. The van der Waals surface area contributed by atoms with Gasteiger partial charge in [-0.15, -0.1) is 11.6 Å². The van der Waals surface area contributed by atoms with E-state index < -0.39 is 28.6 Å². The lowest BCUT2D eigenvalue weighted by molar-refractivity contribution is -0.238. The van der Waals surface area contributed by atoms with Gasteiger partial charge in [-0.2, -0.15) is 0 Å². The highest BCUT2D eigenvalue weighted by molar-refractivity contribution is 6.18. The number of hydrogen-bond acceptors (Lipinski definition) is 5. The van der Waals surface area contributed by atoms with Gasteiger partial charge >= 0.3 is 5.97 Å². The summed E-state index contributed by atoms with van der Waals surface area (Å²) in [6, 6.07) is 0. The fourth-order valence-corrected chi connectivity index (χ4v) is 5.09. The van der Waals surface area contributed by atoms with Crippen LogP contribution in [0.2, 0.25) is 0 Å². The number of halogens is 1. The number of ketones is 1. The van der Waals surface area contributed by atoms with E-state index in [1.807, 2.05) is 6.92 Å². The number of aliphatic hydroxyl groups is 1. The van der Waals surface area contributed by atoms with Crippen molar-refractivity contribution in [2.45, 2.75) is 69.6 Å². The van der Waals surface area contributed by atoms with Crippen molar-refractivity contribution in [2.75, 3.05) is 5.88 Å². The van der Waals surface area contributed by atoms with Crippen LogP contribution in [0.1, 0.15) is 52.4 Å². The normalized spacial score (nSPS) is 39.8. The van der Waals surface area contributed by atoms with E-state index in [0.29, 0.717) is 31.3 Å². The van der Waals surface area contributed by atoms with Crippen LogP contribution in [0.5, 0.6) is 0 Å². The summed E-state index contributed by atoms with van der Waals surface area (Å²) in [4.78, 5) is 37.9. The maximum atomic E-state index is 12.8. The number of aliphatic hydroxyl groups excluding tert-OH is 1. The van der Waals surface area contributed by atoms with Crippen LogP contribution in [0.3, 0.4) is 0 Å². The van der Waals surface area contributed by atoms with Crippen molar-refractivity contribution in [3.8, 4) is 0 Å². The number of fused-ring (bicyclic) bond motifs is 1. The minimum Gasteiger partial charge on any atom is -0.453 e. The fraction of sp³-hybridized carbons (Fsp3) is 0.722. The molecule has 7 heteroatoms. The molecule has 0 aromatic carbocycles. The molecule has 3 aliphatic rings. The summed E-state index contributed by atoms with van der Waals surface area (Å²) >= 11 is 5.89. The van der Waals surface area contributed by atoms with Crippen molar-refractivity contribution in [1.82, 2.24) is 5.32 Å². The van der Waals surface area contributed by atoms with Crippen LogP contribution in [0.4, 0.5) is 0 Å². The Morgan fingerprint density at radius 1 is 1.48 bits per heavy atom. The highest BCUT2D eigenvalue weighted by Gasteiger charge is 2.82. The maximum Gasteiger partial charge on any atom is 0.337 e. The average Bonchev–Trinajstić information content (AvgIpc) is 2.71. The molecule has 3 rings (SSSR count). The van der Waals surface area contributed by atoms with Gasteiger partial charge in [0.05, 0.1) is 11.5 Å². The Morgan fingerprint density at radius 2 is 2.20 bits per heavy atom. The molecule has 0 spiro atoms. The lowest BCUT2D eigenvalue weighted by atomic mass is 9.59. The molecule has 2 aliphatic heterocycles. The molecule has 2 saturated heterocycles. The first kappa shape index (κ1) is 18.4. The second-order valence-corrected chi connectivity index (χ2v) is 7.83. The number of alkyl halides is 1. The average molecular weight is 370 g/mol. The molecule has 0 aromatic heterocycles. The molecule has 1 aliphatic carbocycles. The van der Waals surface area contributed by atoms with Gasteiger partial charge in [0, 0.05) is 12.3 Å². The van der Waals surface area contributed by atoms with Crippen molar-refractivity contribution < 1.29 is 24.2 Å². The van der Waals surface area contributed by atoms with Crippen molar-refractivity contribution in [3.63, 3.8) is 0 Å². The summed E-state index contributed by atoms with van der Waals surface area (Å²) in [6.45, 7) is 3.60. The molecule has 0 saturated carbocycles. The van der Waals surface area contributed by atoms with E-state index in [1.165, 1.54) is 0 Å². The van der Waals surface area contributed by atoms with Crippen LogP contribution in [0, 0.1) is 5.41 Å². The van der Waals surface area contributed by atoms with Crippen molar-refractivity contribution in [2.24, 2.45) is 5.41 Å². The summed E-state index contributed by atoms with van der Waals surface area (Å²) in [5, 5.41) is 12.5. The molecule has 0 radical (unpaired) electrons. The zero-order valence-corrected chi connectivity index (χ0v) is 15.3. The maximum absolute atomic E-state index is 12.8. The number of carbonyl (C=O) groups is 3. The predicted molar refractivity (Wildman–Crippen MR) is 91.0 cm³/mol. The van der Waals surface area contributed by atoms with Crippen LogP contribution in [0.15, 0.2) is 11.6 Å². The largest absolute Gasteiger partial charge is 0.453 e. The SMILES string of the molecule is CC[C@@]12OC(=O)[C@]1(CC(=O)C1=CC(O)CCC1)NC(=O)[C@]2(C)CCCl. The lowest BCUT2D eigenvalue weighted by Gasteiger charge is -2.56. The molecule has 1 unspecified atom stereocenters. The molecule has 0 bridgehead atoms. The van der Waals surface area contributed by atoms with Crippen molar-refractivity contribution in [1.29, 1.82) is 0 Å². The number of nitrogens with one attached hydrogen (secondary N) is 1. The molecular weight excluding hydrogens is 346 g/mol. The second kappa shape index (κ2) is 6.09. The standard InChI is InChI=1S/C18H24ClNO5/c1-3-18-16(2,7-8-19)14(23)20-17(18,15(24)25-18)10-13(22)11-5-4-6-12(21)9-11/h9,12,21H,3-8,10H2,1-2H3,(H,20,23)/t12?,16-,17-,18-/m0/s1. The first-order valence-corrected chi connectivity index (χ1v) is 9.34. The van der Waals surface area contributed by atoms with Gasteiger partial charge in [0.2, 0.25) is 5.91 Å². The van der Waals surface area contributed by atoms with E-state index in [9.17, 15) is 19.5 Å². The molecule has 0 aromatic rings. The predicted octanol–water partition coefficient (Wildman–Crippen LogP) is 1.63. The first-order valence-electron chi connectivity index (χ1n) is 8.80. The van der Waals surface area contributed by atoms with Gasteiger partial charge in [0.1, 0.15) is 0 Å². The molecule has 4 atom stereocenters. The molecule has 2 N–H and O–H groups in total. The first-order chi connectivity index (χ1) is 11.8. The molecule has 2 fully saturated rings. The zero-order chi connectivity index (χ0) is 18.5. The van der Waals surface area contributed by atoms with Crippen LogP contribution in [0.25, 0.3) is 0 Å². The molecule has 2 heterocycles. The fourth-order valence-electron chi connectivity index (χ4n) is 4.72. The van der Waals surface area contributed by atoms with Gasteiger partial charge in [-0.3, -0.25) is 9.59 Å². The Kier molecular flexibility index (Phi) is 4.48. The minimum absolute atomic E-state index is 0.137. The van der Waals surface area contributed by atoms with Gasteiger partial charge in [-0.1, -0.05) is 6.92 Å². The van der Waals surface area contributed by atoms with E-state index in [0.717, 1.165) is 6.42 Å². The summed E-state index contributed by atoms with van der Waals surface area (Å²) < 4.78 is 5.55. The highest BCUT2D eigenvalue weighted by atomic mass is 35.5. The summed E-state index contributed by atoms with van der Waals surface area (Å²) in [5.74, 6) is -0.828. The Labute approximate surface area is 151 Å². The van der Waals surface area contributed by atoms with Gasteiger partial charge < -0.3 is 15.2 Å². The number of hydrogen-bond donors (Lipinski definition) is 2. The Balaban J connectivity index is 1.95. The number of rotatable bonds is 6. The number of esters is 1. The monoisotopic (exact) mass is 369 g/mol. The summed E-state index contributed by atoms with van der Waals surface area (Å²) in [7, 11) is 0.